The molecule has 6 nitrogen and oxygen atoms in total. The minimum absolute atomic E-state index is 0.228. The Kier molecular flexibility index (Phi) is 4.07. The second-order valence-electron chi connectivity index (χ2n) is 3.58. The molecule has 0 atom stereocenters. The topological polar surface area (TPSA) is 72.0 Å². The fourth-order valence-corrected chi connectivity index (χ4v) is 1.38. The maximum absolute atomic E-state index is 12.8. The lowest BCUT2D eigenvalue weighted by molar-refractivity contribution is 0.312. The molecule has 1 aromatic heterocycles. The van der Waals surface area contributed by atoms with Crippen molar-refractivity contribution in [2.75, 3.05) is 24.3 Å². The van der Waals surface area contributed by atoms with Gasteiger partial charge < -0.3 is 15.4 Å². The summed E-state index contributed by atoms with van der Waals surface area (Å²) in [6, 6.07) is 6.13. The summed E-state index contributed by atoms with van der Waals surface area (Å²) < 4.78 is 18.1. The van der Waals surface area contributed by atoms with Gasteiger partial charge in [0, 0.05) is 12.7 Å². The third-order valence-corrected chi connectivity index (χ3v) is 2.21. The van der Waals surface area contributed by atoms with Gasteiger partial charge in [-0.25, -0.2) is 4.39 Å². The number of halogens is 1. The van der Waals surface area contributed by atoms with E-state index in [1.54, 1.807) is 19.2 Å². The van der Waals surface area contributed by atoms with Crippen LogP contribution in [0.5, 0.6) is 6.01 Å². The van der Waals surface area contributed by atoms with Crippen molar-refractivity contribution < 1.29 is 9.13 Å². The Morgan fingerprint density at radius 1 is 1.11 bits per heavy atom. The predicted octanol–water partition coefficient (Wildman–Crippen LogP) is 2.19. The Morgan fingerprint density at radius 2 is 1.79 bits per heavy atom. The summed E-state index contributed by atoms with van der Waals surface area (Å²) in [5.74, 6) is 0.421. The van der Waals surface area contributed by atoms with Gasteiger partial charge >= 0.3 is 6.01 Å². The van der Waals surface area contributed by atoms with Crippen LogP contribution in [0.2, 0.25) is 0 Å². The summed E-state index contributed by atoms with van der Waals surface area (Å²) in [5, 5.41) is 5.77. The fraction of sp³-hybridized carbons (Fsp3) is 0.250. The average Bonchev–Trinajstić information content (AvgIpc) is 2.41. The number of hydrogen-bond donors (Lipinski definition) is 2. The van der Waals surface area contributed by atoms with Crippen molar-refractivity contribution in [3.63, 3.8) is 0 Å². The van der Waals surface area contributed by atoms with Crippen molar-refractivity contribution in [3.05, 3.63) is 30.1 Å². The minimum Gasteiger partial charge on any atom is -0.464 e. The molecule has 0 saturated heterocycles. The van der Waals surface area contributed by atoms with Gasteiger partial charge in [0.05, 0.1) is 6.61 Å². The summed E-state index contributed by atoms with van der Waals surface area (Å²) in [4.78, 5) is 12.3. The molecule has 2 N–H and O–H groups in total. The van der Waals surface area contributed by atoms with Crippen LogP contribution in [0.4, 0.5) is 22.0 Å². The van der Waals surface area contributed by atoms with Crippen LogP contribution in [0, 0.1) is 5.82 Å². The van der Waals surface area contributed by atoms with Crippen LogP contribution in [0.3, 0.4) is 0 Å². The van der Waals surface area contributed by atoms with Crippen molar-refractivity contribution >= 4 is 17.6 Å². The molecule has 0 amide bonds. The van der Waals surface area contributed by atoms with E-state index in [1.165, 1.54) is 12.1 Å². The standard InChI is InChI=1S/C12H14FN5O/c1-3-19-12-17-10(14-2)16-11(18-12)15-9-6-4-8(13)5-7-9/h4-7H,3H2,1-2H3,(H2,14,15,16,17,18). The predicted molar refractivity (Wildman–Crippen MR) is 70.2 cm³/mol. The van der Waals surface area contributed by atoms with Crippen LogP contribution < -0.4 is 15.4 Å². The molecule has 0 fully saturated rings. The Hall–Kier alpha value is -2.44. The Bertz CT molecular complexity index is 546. The number of anilines is 3. The van der Waals surface area contributed by atoms with E-state index in [-0.39, 0.29) is 11.8 Å². The van der Waals surface area contributed by atoms with Crippen molar-refractivity contribution in [3.8, 4) is 6.01 Å². The summed E-state index contributed by atoms with van der Waals surface area (Å²) in [6.07, 6.45) is 0. The minimum atomic E-state index is -0.299. The van der Waals surface area contributed by atoms with Gasteiger partial charge in [0.1, 0.15) is 5.82 Å². The molecule has 0 aliphatic carbocycles. The highest BCUT2D eigenvalue weighted by Gasteiger charge is 2.06. The zero-order valence-corrected chi connectivity index (χ0v) is 10.6. The van der Waals surface area contributed by atoms with Gasteiger partial charge in [0.2, 0.25) is 11.9 Å². The summed E-state index contributed by atoms with van der Waals surface area (Å²) in [7, 11) is 1.70. The van der Waals surface area contributed by atoms with Crippen molar-refractivity contribution in [2.45, 2.75) is 6.92 Å². The van der Waals surface area contributed by atoms with Crippen molar-refractivity contribution in [1.29, 1.82) is 0 Å². The number of ether oxygens (including phenoxy) is 1. The highest BCUT2D eigenvalue weighted by atomic mass is 19.1. The number of nitrogens with one attached hydrogen (secondary N) is 2. The van der Waals surface area contributed by atoms with Gasteiger partial charge in [0.25, 0.3) is 0 Å². The molecule has 0 unspecified atom stereocenters. The van der Waals surface area contributed by atoms with E-state index in [4.69, 9.17) is 4.74 Å². The molecule has 0 saturated carbocycles. The molecule has 7 heteroatoms. The normalized spacial score (nSPS) is 10.1. The zero-order valence-electron chi connectivity index (χ0n) is 10.6. The summed E-state index contributed by atoms with van der Waals surface area (Å²) in [6.45, 7) is 2.30. The number of nitrogens with zero attached hydrogens (tertiary/aromatic N) is 3. The highest BCUT2D eigenvalue weighted by molar-refractivity contribution is 5.54. The van der Waals surface area contributed by atoms with Crippen molar-refractivity contribution in [1.82, 2.24) is 15.0 Å². The molecule has 19 heavy (non-hydrogen) atoms. The third-order valence-electron chi connectivity index (χ3n) is 2.21. The molecule has 0 radical (unpaired) electrons. The van der Waals surface area contributed by atoms with E-state index in [1.807, 2.05) is 6.92 Å². The van der Waals surface area contributed by atoms with Crippen molar-refractivity contribution in [2.24, 2.45) is 0 Å². The zero-order chi connectivity index (χ0) is 13.7. The first-order chi connectivity index (χ1) is 9.21. The SMILES string of the molecule is CCOc1nc(NC)nc(Nc2ccc(F)cc2)n1. The Labute approximate surface area is 110 Å². The van der Waals surface area contributed by atoms with E-state index in [9.17, 15) is 4.39 Å². The summed E-state index contributed by atoms with van der Waals surface area (Å²) >= 11 is 0. The van der Waals surface area contributed by atoms with Crippen LogP contribution >= 0.6 is 0 Å². The molecular formula is C12H14FN5O. The number of rotatable bonds is 5. The largest absolute Gasteiger partial charge is 0.464 e. The lowest BCUT2D eigenvalue weighted by Gasteiger charge is -2.08. The first kappa shape index (κ1) is 13.0. The molecule has 2 rings (SSSR count). The smallest absolute Gasteiger partial charge is 0.323 e. The van der Waals surface area contributed by atoms with E-state index < -0.39 is 0 Å². The Morgan fingerprint density at radius 3 is 2.42 bits per heavy atom. The van der Waals surface area contributed by atoms with Crippen LogP contribution in [0.25, 0.3) is 0 Å². The quantitative estimate of drug-likeness (QED) is 0.861. The van der Waals surface area contributed by atoms with Crippen LogP contribution in [-0.2, 0) is 0 Å². The van der Waals surface area contributed by atoms with Crippen LogP contribution in [-0.4, -0.2) is 28.6 Å². The lowest BCUT2D eigenvalue weighted by Crippen LogP contribution is -2.06. The van der Waals surface area contributed by atoms with E-state index >= 15 is 0 Å². The lowest BCUT2D eigenvalue weighted by atomic mass is 10.3. The van der Waals surface area contributed by atoms with E-state index in [0.29, 0.717) is 24.2 Å². The van der Waals surface area contributed by atoms with Gasteiger partial charge in [-0.2, -0.15) is 15.0 Å². The molecule has 0 aliphatic rings. The van der Waals surface area contributed by atoms with Gasteiger partial charge in [-0.15, -0.1) is 0 Å². The van der Waals surface area contributed by atoms with Gasteiger partial charge in [-0.1, -0.05) is 0 Å². The Balaban J connectivity index is 2.23. The number of aromatic nitrogens is 3. The second-order valence-corrected chi connectivity index (χ2v) is 3.58. The molecule has 0 aliphatic heterocycles. The number of benzene rings is 1. The van der Waals surface area contributed by atoms with E-state index in [0.717, 1.165) is 0 Å². The molecule has 0 spiro atoms. The average molecular weight is 263 g/mol. The monoisotopic (exact) mass is 263 g/mol. The first-order valence-electron chi connectivity index (χ1n) is 5.80. The van der Waals surface area contributed by atoms with Gasteiger partial charge in [-0.05, 0) is 31.2 Å². The third kappa shape index (κ3) is 3.51. The van der Waals surface area contributed by atoms with Gasteiger partial charge in [0.15, 0.2) is 0 Å². The maximum atomic E-state index is 12.8. The molecule has 0 bridgehead atoms. The molecule has 2 aromatic rings. The fourth-order valence-electron chi connectivity index (χ4n) is 1.38. The molecule has 1 heterocycles. The van der Waals surface area contributed by atoms with Crippen LogP contribution in [0.15, 0.2) is 24.3 Å². The maximum Gasteiger partial charge on any atom is 0.323 e. The summed E-state index contributed by atoms with van der Waals surface area (Å²) in [5.41, 5.74) is 0.678. The molecule has 100 valence electrons. The molecular weight excluding hydrogens is 249 g/mol. The highest BCUT2D eigenvalue weighted by Crippen LogP contribution is 2.16. The second kappa shape index (κ2) is 5.94. The van der Waals surface area contributed by atoms with E-state index in [2.05, 4.69) is 25.6 Å². The first-order valence-corrected chi connectivity index (χ1v) is 5.80. The van der Waals surface area contributed by atoms with Gasteiger partial charge in [-0.3, -0.25) is 0 Å². The number of hydrogen-bond acceptors (Lipinski definition) is 6. The molecule has 1 aromatic carbocycles. The van der Waals surface area contributed by atoms with Crippen LogP contribution in [0.1, 0.15) is 6.92 Å².